The van der Waals surface area contributed by atoms with Gasteiger partial charge in [-0.05, 0) is 38.4 Å². The number of hydrogen-bond acceptors (Lipinski definition) is 3. The Balaban J connectivity index is 2.17. The van der Waals surface area contributed by atoms with Gasteiger partial charge in [0.15, 0.2) is 0 Å². The Labute approximate surface area is 107 Å². The van der Waals surface area contributed by atoms with Crippen molar-refractivity contribution in [3.8, 4) is 0 Å². The molecular weight excluding hydrogens is 232 g/mol. The van der Waals surface area contributed by atoms with E-state index >= 15 is 0 Å². The fraction of sp³-hybridized carbons (Fsp3) is 0.462. The average Bonchev–Trinajstić information content (AvgIpc) is 2.34. The number of thioether (sulfide) groups is 1. The average molecular weight is 252 g/mol. The molecule has 0 bridgehead atoms. The molecule has 4 heteroatoms. The molecule has 0 radical (unpaired) electrons. The molecule has 0 aliphatic heterocycles. The van der Waals surface area contributed by atoms with Gasteiger partial charge in [-0.1, -0.05) is 17.7 Å². The minimum absolute atomic E-state index is 0.0904. The van der Waals surface area contributed by atoms with Gasteiger partial charge in [0.1, 0.15) is 0 Å². The topological polar surface area (TPSA) is 55.1 Å². The fourth-order valence-electron chi connectivity index (χ4n) is 1.33. The standard InChI is InChI=1S/C13H20N2OS/c1-11-4-6-12(7-5-11)17-10-13(16)15-9-3-2-8-14/h4-7H,2-3,8-10,14H2,1H3,(H,15,16). The molecule has 1 rings (SSSR count). The molecule has 0 saturated heterocycles. The van der Waals surface area contributed by atoms with Crippen molar-refractivity contribution in [2.45, 2.75) is 24.7 Å². The van der Waals surface area contributed by atoms with Crippen molar-refractivity contribution < 1.29 is 4.79 Å². The minimum Gasteiger partial charge on any atom is -0.355 e. The number of rotatable bonds is 7. The lowest BCUT2D eigenvalue weighted by molar-refractivity contribution is -0.118. The van der Waals surface area contributed by atoms with Crippen LogP contribution in [-0.2, 0) is 4.79 Å². The number of nitrogens with one attached hydrogen (secondary N) is 1. The molecular formula is C13H20N2OS. The van der Waals surface area contributed by atoms with Crippen LogP contribution in [0.2, 0.25) is 0 Å². The van der Waals surface area contributed by atoms with E-state index in [-0.39, 0.29) is 5.91 Å². The van der Waals surface area contributed by atoms with E-state index in [4.69, 9.17) is 5.73 Å². The molecule has 3 N–H and O–H groups in total. The van der Waals surface area contributed by atoms with Gasteiger partial charge in [0.05, 0.1) is 5.75 Å². The normalized spacial score (nSPS) is 10.2. The van der Waals surface area contributed by atoms with Crippen molar-refractivity contribution in [2.24, 2.45) is 5.73 Å². The van der Waals surface area contributed by atoms with Crippen molar-refractivity contribution in [1.82, 2.24) is 5.32 Å². The summed E-state index contributed by atoms with van der Waals surface area (Å²) in [5, 5.41) is 2.88. The molecule has 17 heavy (non-hydrogen) atoms. The number of unbranched alkanes of at least 4 members (excludes halogenated alkanes) is 1. The lowest BCUT2D eigenvalue weighted by atomic mass is 10.2. The lowest BCUT2D eigenvalue weighted by Crippen LogP contribution is -2.26. The maximum absolute atomic E-state index is 11.5. The molecule has 0 saturated carbocycles. The molecule has 0 spiro atoms. The molecule has 0 aliphatic carbocycles. The highest BCUT2D eigenvalue weighted by atomic mass is 32.2. The number of nitrogens with two attached hydrogens (primary N) is 1. The number of benzene rings is 1. The SMILES string of the molecule is Cc1ccc(SCC(=O)NCCCCN)cc1. The van der Waals surface area contributed by atoms with Crippen LogP contribution in [0, 0.1) is 6.92 Å². The zero-order valence-electron chi connectivity index (χ0n) is 10.2. The fourth-order valence-corrected chi connectivity index (χ4v) is 2.06. The number of amides is 1. The van der Waals surface area contributed by atoms with Gasteiger partial charge < -0.3 is 11.1 Å². The molecule has 0 aliphatic rings. The molecule has 1 amide bonds. The second kappa shape index (κ2) is 8.14. The van der Waals surface area contributed by atoms with Gasteiger partial charge in [-0.2, -0.15) is 0 Å². The van der Waals surface area contributed by atoms with E-state index in [1.807, 2.05) is 12.1 Å². The van der Waals surface area contributed by atoms with Crippen molar-refractivity contribution >= 4 is 17.7 Å². The van der Waals surface area contributed by atoms with Crippen LogP contribution in [0.4, 0.5) is 0 Å². The third-order valence-corrected chi connectivity index (χ3v) is 3.36. The van der Waals surface area contributed by atoms with Crippen LogP contribution in [0.15, 0.2) is 29.2 Å². The van der Waals surface area contributed by atoms with Gasteiger partial charge >= 0.3 is 0 Å². The third kappa shape index (κ3) is 6.34. The Kier molecular flexibility index (Phi) is 6.74. The van der Waals surface area contributed by atoms with Crippen LogP contribution in [0.25, 0.3) is 0 Å². The second-order valence-corrected chi connectivity index (χ2v) is 5.00. The summed E-state index contributed by atoms with van der Waals surface area (Å²) in [5.74, 6) is 0.568. The summed E-state index contributed by atoms with van der Waals surface area (Å²) < 4.78 is 0. The number of carbonyl (C=O) groups excluding carboxylic acids is 1. The van der Waals surface area contributed by atoms with Gasteiger partial charge in [0, 0.05) is 11.4 Å². The quantitative estimate of drug-likeness (QED) is 0.576. The number of aryl methyl sites for hydroxylation is 1. The molecule has 0 atom stereocenters. The first-order chi connectivity index (χ1) is 8.22. The smallest absolute Gasteiger partial charge is 0.230 e. The summed E-state index contributed by atoms with van der Waals surface area (Å²) in [4.78, 5) is 12.6. The lowest BCUT2D eigenvalue weighted by Gasteiger charge is -2.04. The third-order valence-electron chi connectivity index (χ3n) is 2.34. The monoisotopic (exact) mass is 252 g/mol. The van der Waals surface area contributed by atoms with Crippen LogP contribution >= 0.6 is 11.8 Å². The molecule has 0 heterocycles. The summed E-state index contributed by atoms with van der Waals surface area (Å²) in [6, 6.07) is 8.20. The number of hydrogen-bond donors (Lipinski definition) is 2. The molecule has 1 aromatic carbocycles. The Morgan fingerprint density at radius 2 is 2.00 bits per heavy atom. The van der Waals surface area contributed by atoms with Crippen molar-refractivity contribution in [3.63, 3.8) is 0 Å². The highest BCUT2D eigenvalue weighted by Crippen LogP contribution is 2.17. The first-order valence-corrected chi connectivity index (χ1v) is 6.87. The molecule has 94 valence electrons. The van der Waals surface area contributed by atoms with E-state index in [0.29, 0.717) is 12.3 Å². The van der Waals surface area contributed by atoms with Gasteiger partial charge in [0.2, 0.25) is 5.91 Å². The first kappa shape index (κ1) is 14.1. The van der Waals surface area contributed by atoms with Crippen LogP contribution in [0.5, 0.6) is 0 Å². The summed E-state index contributed by atoms with van der Waals surface area (Å²) in [7, 11) is 0. The predicted octanol–water partition coefficient (Wildman–Crippen LogP) is 1.94. The van der Waals surface area contributed by atoms with Gasteiger partial charge in [0.25, 0.3) is 0 Å². The molecule has 0 fully saturated rings. The molecule has 0 aromatic heterocycles. The molecule has 3 nitrogen and oxygen atoms in total. The maximum atomic E-state index is 11.5. The van der Waals surface area contributed by atoms with E-state index in [0.717, 1.165) is 24.3 Å². The largest absolute Gasteiger partial charge is 0.355 e. The summed E-state index contributed by atoms with van der Waals surface area (Å²) >= 11 is 1.56. The highest BCUT2D eigenvalue weighted by molar-refractivity contribution is 8.00. The first-order valence-electron chi connectivity index (χ1n) is 5.88. The van der Waals surface area contributed by atoms with E-state index in [2.05, 4.69) is 24.4 Å². The van der Waals surface area contributed by atoms with Gasteiger partial charge in [-0.3, -0.25) is 4.79 Å². The van der Waals surface area contributed by atoms with E-state index in [1.165, 1.54) is 5.56 Å². The van der Waals surface area contributed by atoms with Crippen LogP contribution in [0.1, 0.15) is 18.4 Å². The molecule has 1 aromatic rings. The minimum atomic E-state index is 0.0904. The van der Waals surface area contributed by atoms with Crippen LogP contribution in [0.3, 0.4) is 0 Å². The van der Waals surface area contributed by atoms with Crippen LogP contribution < -0.4 is 11.1 Å². The number of carbonyl (C=O) groups is 1. The Morgan fingerprint density at radius 1 is 1.29 bits per heavy atom. The molecule has 0 unspecified atom stereocenters. The van der Waals surface area contributed by atoms with Crippen molar-refractivity contribution in [2.75, 3.05) is 18.8 Å². The van der Waals surface area contributed by atoms with Gasteiger partial charge in [-0.15, -0.1) is 11.8 Å². The van der Waals surface area contributed by atoms with Crippen molar-refractivity contribution in [1.29, 1.82) is 0 Å². The summed E-state index contributed by atoms with van der Waals surface area (Å²) in [5.41, 5.74) is 6.61. The highest BCUT2D eigenvalue weighted by Gasteiger charge is 2.01. The predicted molar refractivity (Wildman–Crippen MR) is 73.2 cm³/mol. The van der Waals surface area contributed by atoms with Crippen molar-refractivity contribution in [3.05, 3.63) is 29.8 Å². The maximum Gasteiger partial charge on any atom is 0.230 e. The Morgan fingerprint density at radius 3 is 2.65 bits per heavy atom. The second-order valence-electron chi connectivity index (χ2n) is 3.95. The van der Waals surface area contributed by atoms with E-state index in [1.54, 1.807) is 11.8 Å². The summed E-state index contributed by atoms with van der Waals surface area (Å²) in [6.07, 6.45) is 1.92. The van der Waals surface area contributed by atoms with Crippen LogP contribution in [-0.4, -0.2) is 24.7 Å². The Hall–Kier alpha value is -1.00. The Bertz CT molecular complexity index is 338. The van der Waals surface area contributed by atoms with E-state index < -0.39 is 0 Å². The van der Waals surface area contributed by atoms with E-state index in [9.17, 15) is 4.79 Å². The summed E-state index contributed by atoms with van der Waals surface area (Å²) in [6.45, 7) is 3.47. The zero-order valence-corrected chi connectivity index (χ0v) is 11.1. The zero-order chi connectivity index (χ0) is 12.5. The van der Waals surface area contributed by atoms with Gasteiger partial charge in [-0.25, -0.2) is 0 Å².